The molecule has 7 heteroatoms. The number of hydrogen-bond acceptors (Lipinski definition) is 5. The van der Waals surface area contributed by atoms with Crippen LogP contribution >= 0.6 is 0 Å². The van der Waals surface area contributed by atoms with E-state index in [0.717, 1.165) is 43.2 Å². The van der Waals surface area contributed by atoms with Crippen molar-refractivity contribution in [1.82, 2.24) is 15.2 Å². The third-order valence-corrected chi connectivity index (χ3v) is 4.83. The number of carbonyl (C=O) groups is 1. The van der Waals surface area contributed by atoms with E-state index in [4.69, 9.17) is 9.15 Å². The number of esters is 1. The summed E-state index contributed by atoms with van der Waals surface area (Å²) in [4.78, 5) is 22.5. The molecule has 0 atom stereocenters. The Morgan fingerprint density at radius 2 is 2.04 bits per heavy atom. The summed E-state index contributed by atoms with van der Waals surface area (Å²) in [7, 11) is 3.19. The molecule has 7 nitrogen and oxygen atoms in total. The van der Waals surface area contributed by atoms with Gasteiger partial charge in [-0.05, 0) is 19.8 Å². The van der Waals surface area contributed by atoms with Gasteiger partial charge in [-0.1, -0.05) is 29.8 Å². The van der Waals surface area contributed by atoms with Crippen molar-refractivity contribution in [3.63, 3.8) is 0 Å². The second-order valence-electron chi connectivity index (χ2n) is 6.67. The Morgan fingerprint density at radius 1 is 1.33 bits per heavy atom. The van der Waals surface area contributed by atoms with E-state index in [1.807, 2.05) is 12.1 Å². The fourth-order valence-electron chi connectivity index (χ4n) is 3.22. The minimum absolute atomic E-state index is 0.0202. The Labute approximate surface area is 159 Å². The molecule has 0 saturated carbocycles. The first-order chi connectivity index (χ1) is 13.1. The first-order valence-electron chi connectivity index (χ1n) is 9.16. The second kappa shape index (κ2) is 8.70. The van der Waals surface area contributed by atoms with Crippen LogP contribution in [0.4, 0.5) is 0 Å². The van der Waals surface area contributed by atoms with E-state index >= 15 is 0 Å². The summed E-state index contributed by atoms with van der Waals surface area (Å²) in [6.07, 6.45) is 3.28. The third kappa shape index (κ3) is 4.67. The Morgan fingerprint density at radius 3 is 2.67 bits per heavy atom. The number of likely N-dealkylation sites (tertiary alicyclic amines) is 1. The average molecular weight is 370 g/mol. The largest absolute Gasteiger partial charge is 0.469 e. The van der Waals surface area contributed by atoms with E-state index in [2.05, 4.69) is 39.2 Å². The molecule has 0 unspecified atom stereocenters. The molecule has 1 aromatic carbocycles. The van der Waals surface area contributed by atoms with Gasteiger partial charge in [0.15, 0.2) is 11.7 Å². The Hall–Kier alpha value is -2.83. The lowest BCUT2D eigenvalue weighted by Crippen LogP contribution is -2.46. The quantitative estimate of drug-likeness (QED) is 0.506. The standard InChI is InChI=1S/C20H26N4O3/c1-14-4-6-15(7-5-14)17-12-22-18(27-17)13-23-20(21-2)24-10-8-16(9-11-24)19(25)26-3/h4-7,12,16H,8-11,13H2,1-3H3,(H,21,23). The maximum atomic E-state index is 11.7. The van der Waals surface area contributed by atoms with Crippen molar-refractivity contribution >= 4 is 11.9 Å². The van der Waals surface area contributed by atoms with Gasteiger partial charge < -0.3 is 19.4 Å². The molecule has 0 aliphatic carbocycles. The van der Waals surface area contributed by atoms with Gasteiger partial charge in [-0.2, -0.15) is 0 Å². The zero-order valence-electron chi connectivity index (χ0n) is 16.1. The lowest BCUT2D eigenvalue weighted by molar-refractivity contribution is -0.146. The van der Waals surface area contributed by atoms with Gasteiger partial charge in [0.1, 0.15) is 0 Å². The molecule has 1 aromatic heterocycles. The fourth-order valence-corrected chi connectivity index (χ4v) is 3.22. The normalized spacial score (nSPS) is 15.7. The maximum Gasteiger partial charge on any atom is 0.308 e. The fraction of sp³-hybridized carbons (Fsp3) is 0.450. The molecule has 1 saturated heterocycles. The summed E-state index contributed by atoms with van der Waals surface area (Å²) in [6.45, 7) is 4.04. The number of carbonyl (C=O) groups excluding carboxylic acids is 1. The minimum Gasteiger partial charge on any atom is -0.469 e. The van der Waals surface area contributed by atoms with Gasteiger partial charge in [-0.3, -0.25) is 9.79 Å². The predicted octanol–water partition coefficient (Wildman–Crippen LogP) is 2.61. The Bertz CT molecular complexity index is 790. The molecule has 1 aliphatic heterocycles. The number of hydrogen-bond donors (Lipinski definition) is 1. The van der Waals surface area contributed by atoms with E-state index in [1.165, 1.54) is 12.7 Å². The van der Waals surface area contributed by atoms with Crippen LogP contribution in [0.1, 0.15) is 24.3 Å². The molecular formula is C20H26N4O3. The maximum absolute atomic E-state index is 11.7. The molecule has 3 rings (SSSR count). The number of aromatic nitrogens is 1. The van der Waals surface area contributed by atoms with E-state index in [1.54, 1.807) is 13.2 Å². The molecular weight excluding hydrogens is 344 g/mol. The van der Waals surface area contributed by atoms with Crippen LogP contribution in [0.3, 0.4) is 0 Å². The number of benzene rings is 1. The SMILES string of the molecule is CN=C(NCc1ncc(-c2ccc(C)cc2)o1)N1CCC(C(=O)OC)CC1. The van der Waals surface area contributed by atoms with Crippen molar-refractivity contribution in [3.8, 4) is 11.3 Å². The van der Waals surface area contributed by atoms with Gasteiger partial charge in [0.2, 0.25) is 5.89 Å². The van der Waals surface area contributed by atoms with Crippen LogP contribution < -0.4 is 5.32 Å². The molecule has 2 heterocycles. The minimum atomic E-state index is -0.124. The highest BCUT2D eigenvalue weighted by atomic mass is 16.5. The third-order valence-electron chi connectivity index (χ3n) is 4.83. The molecule has 0 amide bonds. The summed E-state index contributed by atoms with van der Waals surface area (Å²) in [5, 5.41) is 3.29. The summed E-state index contributed by atoms with van der Waals surface area (Å²) in [5.74, 6) is 2.00. The number of nitrogens with one attached hydrogen (secondary N) is 1. The molecule has 0 bridgehead atoms. The summed E-state index contributed by atoms with van der Waals surface area (Å²) in [5.41, 5.74) is 2.22. The van der Waals surface area contributed by atoms with E-state index < -0.39 is 0 Å². The van der Waals surface area contributed by atoms with Crippen LogP contribution in [-0.4, -0.2) is 49.1 Å². The van der Waals surface area contributed by atoms with Crippen LogP contribution in [0.15, 0.2) is 39.9 Å². The van der Waals surface area contributed by atoms with Gasteiger partial charge in [-0.25, -0.2) is 4.98 Å². The van der Waals surface area contributed by atoms with Crippen molar-refractivity contribution in [3.05, 3.63) is 41.9 Å². The summed E-state index contributed by atoms with van der Waals surface area (Å²) in [6, 6.07) is 8.15. The number of piperidine rings is 1. The number of ether oxygens (including phenoxy) is 1. The smallest absolute Gasteiger partial charge is 0.308 e. The highest BCUT2D eigenvalue weighted by Crippen LogP contribution is 2.21. The van der Waals surface area contributed by atoms with Crippen molar-refractivity contribution in [1.29, 1.82) is 0 Å². The number of aryl methyl sites for hydroxylation is 1. The predicted molar refractivity (Wildman–Crippen MR) is 103 cm³/mol. The number of oxazole rings is 1. The number of rotatable bonds is 4. The second-order valence-corrected chi connectivity index (χ2v) is 6.67. The van der Waals surface area contributed by atoms with Crippen molar-refractivity contribution < 1.29 is 13.9 Å². The molecule has 27 heavy (non-hydrogen) atoms. The molecule has 144 valence electrons. The number of nitrogens with zero attached hydrogens (tertiary/aromatic N) is 3. The van der Waals surface area contributed by atoms with Crippen LogP contribution in [0.5, 0.6) is 0 Å². The molecule has 1 N–H and O–H groups in total. The summed E-state index contributed by atoms with van der Waals surface area (Å²) < 4.78 is 10.7. The molecule has 1 aliphatic rings. The monoisotopic (exact) mass is 370 g/mol. The summed E-state index contributed by atoms with van der Waals surface area (Å²) >= 11 is 0. The number of methoxy groups -OCH3 is 1. The highest BCUT2D eigenvalue weighted by molar-refractivity contribution is 5.80. The van der Waals surface area contributed by atoms with Gasteiger partial charge >= 0.3 is 5.97 Å². The Kier molecular flexibility index (Phi) is 6.11. The van der Waals surface area contributed by atoms with Crippen molar-refractivity contribution in [2.45, 2.75) is 26.3 Å². The van der Waals surface area contributed by atoms with Crippen molar-refractivity contribution in [2.24, 2.45) is 10.9 Å². The van der Waals surface area contributed by atoms with Crippen LogP contribution in [0.2, 0.25) is 0 Å². The van der Waals surface area contributed by atoms with Crippen molar-refractivity contribution in [2.75, 3.05) is 27.2 Å². The van der Waals surface area contributed by atoms with E-state index in [9.17, 15) is 4.79 Å². The number of guanidine groups is 1. The molecule has 1 fully saturated rings. The molecule has 0 spiro atoms. The van der Waals surface area contributed by atoms with Crippen LogP contribution in [-0.2, 0) is 16.1 Å². The first kappa shape index (κ1) is 18.9. The topological polar surface area (TPSA) is 80.0 Å². The zero-order valence-corrected chi connectivity index (χ0v) is 16.1. The zero-order chi connectivity index (χ0) is 19.2. The number of aliphatic imine (C=N–C) groups is 1. The van der Waals surface area contributed by atoms with Crippen LogP contribution in [0.25, 0.3) is 11.3 Å². The molecule has 0 radical (unpaired) electrons. The average Bonchev–Trinajstić information content (AvgIpc) is 3.18. The lowest BCUT2D eigenvalue weighted by Gasteiger charge is -2.32. The van der Waals surface area contributed by atoms with Gasteiger partial charge in [0.25, 0.3) is 0 Å². The Balaban J connectivity index is 1.55. The van der Waals surface area contributed by atoms with E-state index in [-0.39, 0.29) is 11.9 Å². The first-order valence-corrected chi connectivity index (χ1v) is 9.16. The van der Waals surface area contributed by atoms with Gasteiger partial charge in [0.05, 0.1) is 25.8 Å². The van der Waals surface area contributed by atoms with Gasteiger partial charge in [-0.15, -0.1) is 0 Å². The highest BCUT2D eigenvalue weighted by Gasteiger charge is 2.27. The van der Waals surface area contributed by atoms with E-state index in [0.29, 0.717) is 12.4 Å². The van der Waals surface area contributed by atoms with Crippen LogP contribution in [0, 0.1) is 12.8 Å². The van der Waals surface area contributed by atoms with Gasteiger partial charge in [0, 0.05) is 25.7 Å². The lowest BCUT2D eigenvalue weighted by atomic mass is 9.97. The molecule has 2 aromatic rings.